The fourth-order valence-corrected chi connectivity index (χ4v) is 3.59. The topological polar surface area (TPSA) is 89.6 Å². The summed E-state index contributed by atoms with van der Waals surface area (Å²) < 4.78 is 21.0. The average molecular weight is 444 g/mol. The van der Waals surface area contributed by atoms with E-state index < -0.39 is 5.91 Å². The summed E-state index contributed by atoms with van der Waals surface area (Å²) >= 11 is 0. The molecule has 32 heavy (non-hydrogen) atoms. The third-order valence-electron chi connectivity index (χ3n) is 5.40. The Kier molecular flexibility index (Phi) is 7.64. The summed E-state index contributed by atoms with van der Waals surface area (Å²) in [5, 5.41) is 2.68. The van der Waals surface area contributed by atoms with Crippen molar-refractivity contribution in [1.82, 2.24) is 10.2 Å². The first-order valence-electron chi connectivity index (χ1n) is 10.3. The van der Waals surface area contributed by atoms with Gasteiger partial charge in [0.2, 0.25) is 11.7 Å². The normalized spacial score (nSPS) is 13.4. The molecule has 172 valence electrons. The lowest BCUT2D eigenvalue weighted by atomic mass is 10.1. The molecule has 0 aromatic heterocycles. The molecule has 2 aromatic rings. The van der Waals surface area contributed by atoms with Crippen molar-refractivity contribution in [3.8, 4) is 23.0 Å². The fourth-order valence-electron chi connectivity index (χ4n) is 3.59. The Morgan fingerprint density at radius 1 is 0.844 bits per heavy atom. The van der Waals surface area contributed by atoms with Crippen LogP contribution in [0.4, 0.5) is 5.69 Å². The van der Waals surface area contributed by atoms with Crippen LogP contribution < -0.4 is 29.2 Å². The maximum atomic E-state index is 12.6. The average Bonchev–Trinajstić information content (AvgIpc) is 2.86. The molecule has 0 bridgehead atoms. The van der Waals surface area contributed by atoms with Crippen LogP contribution in [0.1, 0.15) is 10.4 Å². The third kappa shape index (κ3) is 5.16. The Hall–Kier alpha value is -3.62. The molecule has 0 radical (unpaired) electrons. The van der Waals surface area contributed by atoms with Crippen LogP contribution in [0.5, 0.6) is 23.0 Å². The van der Waals surface area contributed by atoms with Crippen LogP contribution in [0.3, 0.4) is 0 Å². The molecule has 3 rings (SSSR count). The van der Waals surface area contributed by atoms with Crippen LogP contribution in [0.25, 0.3) is 0 Å². The lowest BCUT2D eigenvalue weighted by Crippen LogP contribution is -2.51. The van der Waals surface area contributed by atoms with Crippen LogP contribution in [-0.2, 0) is 4.79 Å². The summed E-state index contributed by atoms with van der Waals surface area (Å²) in [4.78, 5) is 29.2. The number of piperazine rings is 1. The van der Waals surface area contributed by atoms with Gasteiger partial charge in [0.1, 0.15) is 5.75 Å². The van der Waals surface area contributed by atoms with E-state index in [1.807, 2.05) is 24.3 Å². The molecule has 0 atom stereocenters. The zero-order valence-electron chi connectivity index (χ0n) is 18.8. The molecular formula is C23H29N3O6. The molecule has 2 amide bonds. The summed E-state index contributed by atoms with van der Waals surface area (Å²) in [6.07, 6.45) is 0. The van der Waals surface area contributed by atoms with Gasteiger partial charge in [0.05, 0.1) is 35.0 Å². The van der Waals surface area contributed by atoms with Crippen molar-refractivity contribution in [2.75, 3.05) is 66.1 Å². The summed E-state index contributed by atoms with van der Waals surface area (Å²) in [5.41, 5.74) is 1.41. The Bertz CT molecular complexity index is 914. The molecule has 0 aliphatic carbocycles. The van der Waals surface area contributed by atoms with Crippen LogP contribution in [0.15, 0.2) is 36.4 Å². The van der Waals surface area contributed by atoms with Crippen molar-refractivity contribution in [2.24, 2.45) is 0 Å². The smallest absolute Gasteiger partial charge is 0.251 e. The highest BCUT2D eigenvalue weighted by atomic mass is 16.5. The predicted octanol–water partition coefficient (Wildman–Crippen LogP) is 1.80. The summed E-state index contributed by atoms with van der Waals surface area (Å²) in [7, 11) is 6.09. The first-order valence-corrected chi connectivity index (χ1v) is 10.3. The van der Waals surface area contributed by atoms with Crippen molar-refractivity contribution in [2.45, 2.75) is 0 Å². The van der Waals surface area contributed by atoms with Gasteiger partial charge in [-0.05, 0) is 36.4 Å². The highest BCUT2D eigenvalue weighted by molar-refractivity contribution is 5.97. The van der Waals surface area contributed by atoms with Crippen molar-refractivity contribution in [3.05, 3.63) is 42.0 Å². The van der Waals surface area contributed by atoms with E-state index in [1.165, 1.54) is 21.3 Å². The maximum Gasteiger partial charge on any atom is 0.251 e. The van der Waals surface area contributed by atoms with Crippen molar-refractivity contribution in [3.63, 3.8) is 0 Å². The fraction of sp³-hybridized carbons (Fsp3) is 0.391. The summed E-state index contributed by atoms with van der Waals surface area (Å²) in [6, 6.07) is 11.0. The lowest BCUT2D eigenvalue weighted by molar-refractivity contribution is -0.130. The van der Waals surface area contributed by atoms with Gasteiger partial charge in [-0.25, -0.2) is 0 Å². The van der Waals surface area contributed by atoms with Gasteiger partial charge < -0.3 is 34.1 Å². The molecular weight excluding hydrogens is 414 g/mol. The summed E-state index contributed by atoms with van der Waals surface area (Å²) in [6.45, 7) is 2.53. The number of carbonyl (C=O) groups is 2. The standard InChI is InChI=1S/C23H29N3O6/c1-29-18-7-5-17(6-8-18)25-9-11-26(12-10-25)21(27)15-24-23(28)16-13-19(30-2)22(32-4)20(14-16)31-3/h5-8,13-14H,9-12,15H2,1-4H3,(H,24,28). The highest BCUT2D eigenvalue weighted by Gasteiger charge is 2.22. The van der Waals surface area contributed by atoms with Gasteiger partial charge in [-0.3, -0.25) is 9.59 Å². The Morgan fingerprint density at radius 3 is 1.94 bits per heavy atom. The monoisotopic (exact) mass is 443 g/mol. The van der Waals surface area contributed by atoms with Gasteiger partial charge in [0, 0.05) is 37.4 Å². The van der Waals surface area contributed by atoms with Crippen LogP contribution in [0, 0.1) is 0 Å². The summed E-state index contributed by atoms with van der Waals surface area (Å²) in [5.74, 6) is 1.44. The molecule has 1 fully saturated rings. The molecule has 1 aliphatic rings. The SMILES string of the molecule is COc1ccc(N2CCN(C(=O)CNC(=O)c3cc(OC)c(OC)c(OC)c3)CC2)cc1. The second-order valence-corrected chi connectivity index (χ2v) is 7.16. The van der Waals surface area contributed by atoms with E-state index in [2.05, 4.69) is 10.2 Å². The van der Waals surface area contributed by atoms with Gasteiger partial charge in [-0.1, -0.05) is 0 Å². The molecule has 1 heterocycles. The predicted molar refractivity (Wildman–Crippen MR) is 120 cm³/mol. The zero-order valence-corrected chi connectivity index (χ0v) is 18.8. The quantitative estimate of drug-likeness (QED) is 0.665. The molecule has 0 spiro atoms. The number of hydrogen-bond donors (Lipinski definition) is 1. The van der Waals surface area contributed by atoms with Gasteiger partial charge in [-0.15, -0.1) is 0 Å². The van der Waals surface area contributed by atoms with Crippen LogP contribution in [0.2, 0.25) is 0 Å². The van der Waals surface area contributed by atoms with E-state index in [9.17, 15) is 9.59 Å². The number of amides is 2. The number of nitrogens with one attached hydrogen (secondary N) is 1. The first kappa shape index (κ1) is 23.1. The Morgan fingerprint density at radius 2 is 1.44 bits per heavy atom. The largest absolute Gasteiger partial charge is 0.497 e. The number of anilines is 1. The second kappa shape index (κ2) is 10.6. The van der Waals surface area contributed by atoms with E-state index >= 15 is 0 Å². The van der Waals surface area contributed by atoms with E-state index in [0.29, 0.717) is 35.9 Å². The molecule has 9 heteroatoms. The molecule has 2 aromatic carbocycles. The highest BCUT2D eigenvalue weighted by Crippen LogP contribution is 2.38. The third-order valence-corrected chi connectivity index (χ3v) is 5.40. The minimum absolute atomic E-state index is 0.0853. The van der Waals surface area contributed by atoms with Crippen LogP contribution >= 0.6 is 0 Å². The lowest BCUT2D eigenvalue weighted by Gasteiger charge is -2.36. The number of ether oxygens (including phenoxy) is 4. The van der Waals surface area contributed by atoms with E-state index in [-0.39, 0.29) is 12.5 Å². The van der Waals surface area contributed by atoms with Gasteiger partial charge in [-0.2, -0.15) is 0 Å². The van der Waals surface area contributed by atoms with Crippen molar-refractivity contribution in [1.29, 1.82) is 0 Å². The van der Waals surface area contributed by atoms with Gasteiger partial charge >= 0.3 is 0 Å². The molecule has 1 saturated heterocycles. The second-order valence-electron chi connectivity index (χ2n) is 7.16. The molecule has 0 saturated carbocycles. The number of nitrogens with zero attached hydrogens (tertiary/aromatic N) is 2. The maximum absolute atomic E-state index is 12.6. The number of methoxy groups -OCH3 is 4. The van der Waals surface area contributed by atoms with Gasteiger partial charge in [0.25, 0.3) is 5.91 Å². The van der Waals surface area contributed by atoms with E-state index in [0.717, 1.165) is 24.5 Å². The minimum Gasteiger partial charge on any atom is -0.497 e. The molecule has 1 N–H and O–H groups in total. The Labute approximate surface area is 187 Å². The van der Waals surface area contributed by atoms with Crippen molar-refractivity contribution < 1.29 is 28.5 Å². The van der Waals surface area contributed by atoms with Crippen LogP contribution in [-0.4, -0.2) is 77.9 Å². The molecule has 9 nitrogen and oxygen atoms in total. The minimum atomic E-state index is -0.394. The number of rotatable bonds is 8. The first-order chi connectivity index (χ1) is 15.5. The van der Waals surface area contributed by atoms with E-state index in [1.54, 1.807) is 24.1 Å². The molecule has 1 aliphatic heterocycles. The van der Waals surface area contributed by atoms with Crippen molar-refractivity contribution >= 4 is 17.5 Å². The van der Waals surface area contributed by atoms with Gasteiger partial charge in [0.15, 0.2) is 11.5 Å². The Balaban J connectivity index is 1.54. The number of carbonyl (C=O) groups excluding carboxylic acids is 2. The number of hydrogen-bond acceptors (Lipinski definition) is 7. The zero-order chi connectivity index (χ0) is 23.1. The number of benzene rings is 2. The van der Waals surface area contributed by atoms with E-state index in [4.69, 9.17) is 18.9 Å². The molecule has 0 unspecified atom stereocenters.